The highest BCUT2D eigenvalue weighted by molar-refractivity contribution is 7.16. The van der Waals surface area contributed by atoms with Gasteiger partial charge in [0.1, 0.15) is 11.5 Å². The van der Waals surface area contributed by atoms with Crippen LogP contribution in [0.15, 0.2) is 12.1 Å². The first kappa shape index (κ1) is 25.0. The number of amides is 3. The lowest BCUT2D eigenvalue weighted by Gasteiger charge is -2.30. The fourth-order valence-electron chi connectivity index (χ4n) is 5.22. The highest BCUT2D eigenvalue weighted by atomic mass is 32.1. The van der Waals surface area contributed by atoms with Crippen molar-refractivity contribution in [3.63, 3.8) is 0 Å². The Bertz CT molecular complexity index is 1330. The van der Waals surface area contributed by atoms with E-state index >= 15 is 0 Å². The molecule has 1 aliphatic carbocycles. The Hall–Kier alpha value is -3.67. The molecule has 1 fully saturated rings. The van der Waals surface area contributed by atoms with Crippen LogP contribution in [0.4, 0.5) is 0 Å². The predicted octanol–water partition coefficient (Wildman–Crippen LogP) is 0.448. The first-order valence-corrected chi connectivity index (χ1v) is 13.5. The molecule has 6 N–H and O–H groups in total. The fraction of sp³-hybridized carbons (Fsp3) is 0.435. The minimum Gasteiger partial charge on any atom is -0.365 e. The highest BCUT2D eigenvalue weighted by Crippen LogP contribution is 2.51. The van der Waals surface area contributed by atoms with Gasteiger partial charge in [0, 0.05) is 16.3 Å². The van der Waals surface area contributed by atoms with Crippen molar-refractivity contribution in [2.24, 2.45) is 11.5 Å². The van der Waals surface area contributed by atoms with E-state index < -0.39 is 17.2 Å². The zero-order valence-electron chi connectivity index (χ0n) is 19.8. The van der Waals surface area contributed by atoms with Crippen LogP contribution < -0.4 is 16.8 Å². The molecule has 3 amide bonds. The third-order valence-electron chi connectivity index (χ3n) is 6.94. The Kier molecular flexibility index (Phi) is 6.76. The summed E-state index contributed by atoms with van der Waals surface area (Å²) in [6.45, 7) is 1.04. The number of hydrogen-bond acceptors (Lipinski definition) is 10. The molecule has 3 aromatic rings. The van der Waals surface area contributed by atoms with E-state index in [9.17, 15) is 19.6 Å². The number of nitriles is 1. The Morgan fingerprint density at radius 1 is 1.16 bits per heavy atom. The summed E-state index contributed by atoms with van der Waals surface area (Å²) in [5.74, 6) is -0.777. The lowest BCUT2D eigenvalue weighted by molar-refractivity contribution is -0.130. The van der Waals surface area contributed by atoms with Crippen molar-refractivity contribution in [3.05, 3.63) is 48.6 Å². The number of aromatic nitrogens is 4. The predicted molar refractivity (Wildman–Crippen MR) is 135 cm³/mol. The molecule has 1 aliphatic heterocycles. The molecule has 1 atom stereocenters. The van der Waals surface area contributed by atoms with Gasteiger partial charge in [-0.1, -0.05) is 5.21 Å². The summed E-state index contributed by atoms with van der Waals surface area (Å²) >= 11 is 2.57. The quantitative estimate of drug-likeness (QED) is 0.296. The lowest BCUT2D eigenvalue weighted by atomic mass is 9.78. The van der Waals surface area contributed by atoms with Crippen LogP contribution in [-0.4, -0.2) is 68.9 Å². The number of carbonyl (C=O) groups is 3. The van der Waals surface area contributed by atoms with Crippen LogP contribution in [-0.2, 0) is 23.1 Å². The largest absolute Gasteiger partial charge is 0.365 e. The van der Waals surface area contributed by atoms with E-state index in [1.165, 1.54) is 22.7 Å². The molecule has 12 nitrogen and oxygen atoms in total. The van der Waals surface area contributed by atoms with E-state index in [0.29, 0.717) is 54.4 Å². The third kappa shape index (κ3) is 4.39. The molecule has 192 valence electrons. The van der Waals surface area contributed by atoms with Crippen molar-refractivity contribution < 1.29 is 14.4 Å². The fourth-order valence-corrected chi connectivity index (χ4v) is 7.85. The van der Waals surface area contributed by atoms with Gasteiger partial charge in [-0.3, -0.25) is 14.4 Å². The van der Waals surface area contributed by atoms with Crippen molar-refractivity contribution in [1.82, 2.24) is 30.8 Å². The average molecular weight is 540 g/mol. The van der Waals surface area contributed by atoms with Crippen LogP contribution in [0.1, 0.15) is 65.3 Å². The lowest BCUT2D eigenvalue weighted by Crippen LogP contribution is -2.42. The van der Waals surface area contributed by atoms with Gasteiger partial charge < -0.3 is 21.7 Å². The number of tetrazole rings is 1. The Morgan fingerprint density at radius 3 is 2.35 bits per heavy atom. The molecule has 2 aliphatic rings. The summed E-state index contributed by atoms with van der Waals surface area (Å²) in [5, 5.41) is 27.6. The van der Waals surface area contributed by atoms with Gasteiger partial charge >= 0.3 is 0 Å². The second-order valence-corrected chi connectivity index (χ2v) is 11.2. The molecule has 0 aromatic carbocycles. The zero-order chi connectivity index (χ0) is 26.2. The summed E-state index contributed by atoms with van der Waals surface area (Å²) in [7, 11) is 0. The smallest absolute Gasteiger partial charge is 0.258 e. The molecule has 14 heteroatoms. The highest BCUT2D eigenvalue weighted by Gasteiger charge is 2.47. The number of nitrogens with zero attached hydrogens (tertiary/aromatic N) is 5. The first-order valence-electron chi connectivity index (χ1n) is 11.8. The maximum atomic E-state index is 12.8. The van der Waals surface area contributed by atoms with Gasteiger partial charge in [0.15, 0.2) is 5.82 Å². The van der Waals surface area contributed by atoms with Gasteiger partial charge in [-0.25, -0.2) is 0 Å². The molecule has 5 rings (SSSR count). The van der Waals surface area contributed by atoms with E-state index in [0.717, 1.165) is 27.3 Å². The molecule has 3 aromatic heterocycles. The summed E-state index contributed by atoms with van der Waals surface area (Å²) in [6.07, 6.45) is 3.19. The minimum atomic E-state index is -0.941. The molecular weight excluding hydrogens is 514 g/mol. The van der Waals surface area contributed by atoms with Crippen molar-refractivity contribution in [1.29, 1.82) is 5.26 Å². The number of fused-ring (bicyclic) bond motifs is 2. The maximum absolute atomic E-state index is 12.8. The second kappa shape index (κ2) is 10.0. The number of nitrogens with one attached hydrogen (secondary N) is 2. The van der Waals surface area contributed by atoms with Crippen molar-refractivity contribution in [2.75, 3.05) is 19.6 Å². The van der Waals surface area contributed by atoms with Crippen molar-refractivity contribution >= 4 is 40.4 Å². The van der Waals surface area contributed by atoms with Gasteiger partial charge in [-0.15, -0.1) is 32.9 Å². The minimum absolute atomic E-state index is 0.0776. The third-order valence-corrected chi connectivity index (χ3v) is 9.65. The Labute approximate surface area is 220 Å². The molecule has 0 radical (unpaired) electrons. The van der Waals surface area contributed by atoms with E-state index in [4.69, 9.17) is 11.5 Å². The van der Waals surface area contributed by atoms with Crippen LogP contribution in [0.2, 0.25) is 0 Å². The van der Waals surface area contributed by atoms with Gasteiger partial charge in [0.25, 0.3) is 11.8 Å². The molecule has 4 heterocycles. The normalized spacial score (nSPS) is 18.0. The summed E-state index contributed by atoms with van der Waals surface area (Å²) in [5.41, 5.74) is 12.2. The van der Waals surface area contributed by atoms with Gasteiger partial charge in [-0.05, 0) is 61.9 Å². The van der Waals surface area contributed by atoms with Gasteiger partial charge in [0.2, 0.25) is 5.91 Å². The molecule has 37 heavy (non-hydrogen) atoms. The van der Waals surface area contributed by atoms with E-state index in [1.807, 2.05) is 12.1 Å². The second-order valence-electron chi connectivity index (χ2n) is 9.10. The molecule has 1 saturated heterocycles. The average Bonchev–Trinajstić information content (AvgIpc) is 3.68. The first-order chi connectivity index (χ1) is 17.8. The Morgan fingerprint density at radius 2 is 1.81 bits per heavy atom. The number of nitrogens with two attached hydrogens (primary N) is 2. The summed E-state index contributed by atoms with van der Waals surface area (Å²) < 4.78 is 0. The van der Waals surface area contributed by atoms with Crippen LogP contribution in [0.5, 0.6) is 0 Å². The number of H-pyrrole nitrogens is 1. The number of aromatic amines is 1. The van der Waals surface area contributed by atoms with Crippen molar-refractivity contribution in [2.45, 2.75) is 43.6 Å². The molecule has 0 bridgehead atoms. The van der Waals surface area contributed by atoms with E-state index in [2.05, 4.69) is 32.0 Å². The summed E-state index contributed by atoms with van der Waals surface area (Å²) in [6, 6.07) is 5.43. The van der Waals surface area contributed by atoms with Gasteiger partial charge in [0.05, 0.1) is 22.4 Å². The number of carbonyl (C=O) groups excluding carboxylic acids is 3. The van der Waals surface area contributed by atoms with Crippen LogP contribution >= 0.6 is 22.7 Å². The SMILES string of the molecule is N#C[C@@H]1CCCN1C(=O)CNCCC1(c2nn[nH]n2)c2sc(C(N)=O)cc2CCc2cc(C(N)=O)sc21. The standard InChI is InChI=1S/C23H25N9O3S2/c24-10-14-2-1-7-32(14)17(33)11-27-6-5-23(22-28-30-31-29-22)18-12(8-15(36-18)20(25)34)3-4-13-9-16(21(26)35)37-19(13)23/h8-9,14,27H,1-7,11H2,(H2,25,34)(H2,26,35)(H,28,29,30,31)/t14-/m0/s1. The van der Waals surface area contributed by atoms with Crippen LogP contribution in [0.25, 0.3) is 0 Å². The number of likely N-dealkylation sites (tertiary alicyclic amines) is 1. The number of primary amides is 2. The zero-order valence-corrected chi connectivity index (χ0v) is 21.5. The van der Waals surface area contributed by atoms with Gasteiger partial charge in [-0.2, -0.15) is 10.5 Å². The van der Waals surface area contributed by atoms with Crippen LogP contribution in [0.3, 0.4) is 0 Å². The monoisotopic (exact) mass is 539 g/mol. The molecule has 0 unspecified atom stereocenters. The number of rotatable bonds is 8. The Balaban J connectivity index is 1.52. The number of thiophene rings is 2. The molecular formula is C23H25N9O3S2. The van der Waals surface area contributed by atoms with Crippen molar-refractivity contribution in [3.8, 4) is 6.07 Å². The molecule has 0 spiro atoms. The maximum Gasteiger partial charge on any atom is 0.258 e. The van der Waals surface area contributed by atoms with E-state index in [-0.39, 0.29) is 18.5 Å². The molecule has 0 saturated carbocycles. The number of aryl methyl sites for hydroxylation is 2. The van der Waals surface area contributed by atoms with Crippen LogP contribution in [0, 0.1) is 11.3 Å². The topological polar surface area (TPSA) is 197 Å². The summed E-state index contributed by atoms with van der Waals surface area (Å²) in [4.78, 5) is 41.1. The number of hydrogen-bond donors (Lipinski definition) is 4. The van der Waals surface area contributed by atoms with E-state index in [1.54, 1.807) is 4.90 Å².